The second-order valence-corrected chi connectivity index (χ2v) is 4.41. The molecule has 0 amide bonds. The Morgan fingerprint density at radius 2 is 2.08 bits per heavy atom. The molecule has 1 heterocycles. The van der Waals surface area contributed by atoms with E-state index in [1.807, 2.05) is 32.8 Å². The molecule has 1 rings (SSSR count). The Balaban J connectivity index is 3.06. The Kier molecular flexibility index (Phi) is 3.02. The number of thiazole rings is 1. The van der Waals surface area contributed by atoms with Crippen molar-refractivity contribution in [2.75, 3.05) is 14.1 Å². The van der Waals surface area contributed by atoms with E-state index in [-0.39, 0.29) is 6.04 Å². The molecule has 70 valence electrons. The van der Waals surface area contributed by atoms with Crippen molar-refractivity contribution in [3.8, 4) is 6.07 Å². The van der Waals surface area contributed by atoms with Gasteiger partial charge in [0.1, 0.15) is 6.04 Å². The lowest BCUT2D eigenvalue weighted by Gasteiger charge is -2.15. The van der Waals surface area contributed by atoms with Crippen molar-refractivity contribution in [2.45, 2.75) is 19.9 Å². The van der Waals surface area contributed by atoms with Crippen LogP contribution in [0, 0.1) is 25.2 Å². The molecule has 0 fully saturated rings. The predicted octanol–water partition coefficient (Wildman–Crippen LogP) is 1.89. The highest BCUT2D eigenvalue weighted by atomic mass is 32.1. The molecule has 0 bridgehead atoms. The maximum atomic E-state index is 8.97. The molecule has 3 nitrogen and oxygen atoms in total. The molecular formula is C9H13N3S. The molecule has 4 heteroatoms. The fourth-order valence-electron chi connectivity index (χ4n) is 1.21. The van der Waals surface area contributed by atoms with Crippen LogP contribution in [0.4, 0.5) is 0 Å². The van der Waals surface area contributed by atoms with Crippen LogP contribution < -0.4 is 0 Å². The van der Waals surface area contributed by atoms with Crippen LogP contribution >= 0.6 is 11.3 Å². The minimum Gasteiger partial charge on any atom is -0.290 e. The number of aromatic nitrogens is 1. The average Bonchev–Trinajstić information content (AvgIpc) is 2.31. The van der Waals surface area contributed by atoms with E-state index in [4.69, 9.17) is 5.26 Å². The molecule has 0 N–H and O–H groups in total. The van der Waals surface area contributed by atoms with Gasteiger partial charge in [-0.05, 0) is 27.9 Å². The highest BCUT2D eigenvalue weighted by Crippen LogP contribution is 2.26. The lowest BCUT2D eigenvalue weighted by atomic mass is 10.2. The topological polar surface area (TPSA) is 39.9 Å². The second kappa shape index (κ2) is 3.86. The number of nitrogens with zero attached hydrogens (tertiary/aromatic N) is 3. The molecule has 0 aliphatic rings. The van der Waals surface area contributed by atoms with E-state index in [0.29, 0.717) is 0 Å². The molecule has 1 unspecified atom stereocenters. The molecule has 0 aliphatic carbocycles. The summed E-state index contributed by atoms with van der Waals surface area (Å²) in [4.78, 5) is 7.27. The van der Waals surface area contributed by atoms with Gasteiger partial charge in [0.15, 0.2) is 0 Å². The van der Waals surface area contributed by atoms with E-state index < -0.39 is 0 Å². The van der Waals surface area contributed by atoms with E-state index in [1.165, 1.54) is 0 Å². The highest BCUT2D eigenvalue weighted by molar-refractivity contribution is 7.11. The normalized spacial score (nSPS) is 12.9. The smallest absolute Gasteiger partial charge is 0.134 e. The number of hydrogen-bond donors (Lipinski definition) is 0. The molecule has 0 saturated heterocycles. The molecular weight excluding hydrogens is 182 g/mol. The van der Waals surface area contributed by atoms with Gasteiger partial charge in [-0.2, -0.15) is 5.26 Å². The molecule has 1 aromatic rings. The molecule has 0 spiro atoms. The first-order valence-electron chi connectivity index (χ1n) is 4.06. The zero-order valence-electron chi connectivity index (χ0n) is 8.33. The maximum Gasteiger partial charge on any atom is 0.134 e. The van der Waals surface area contributed by atoms with Crippen molar-refractivity contribution in [1.29, 1.82) is 5.26 Å². The van der Waals surface area contributed by atoms with Crippen LogP contribution in [0.25, 0.3) is 0 Å². The third kappa shape index (κ3) is 2.06. The lowest BCUT2D eigenvalue weighted by molar-refractivity contribution is 0.361. The first kappa shape index (κ1) is 10.2. The standard InChI is InChI=1S/C9H13N3S/c1-6-9(13-7(2)11-6)8(5-10)12(3)4/h8H,1-4H3. The summed E-state index contributed by atoms with van der Waals surface area (Å²) in [6.45, 7) is 3.91. The maximum absolute atomic E-state index is 8.97. The van der Waals surface area contributed by atoms with Gasteiger partial charge in [-0.15, -0.1) is 11.3 Å². The van der Waals surface area contributed by atoms with Gasteiger partial charge in [-0.3, -0.25) is 4.90 Å². The summed E-state index contributed by atoms with van der Waals surface area (Å²) in [5.74, 6) is 0. The lowest BCUT2D eigenvalue weighted by Crippen LogP contribution is -2.17. The van der Waals surface area contributed by atoms with Crippen molar-refractivity contribution in [2.24, 2.45) is 0 Å². The van der Waals surface area contributed by atoms with Gasteiger partial charge in [-0.1, -0.05) is 0 Å². The monoisotopic (exact) mass is 195 g/mol. The van der Waals surface area contributed by atoms with Crippen LogP contribution in [0.5, 0.6) is 0 Å². The van der Waals surface area contributed by atoms with Crippen LogP contribution in [-0.4, -0.2) is 24.0 Å². The van der Waals surface area contributed by atoms with Crippen LogP contribution in [0.3, 0.4) is 0 Å². The Morgan fingerprint density at radius 1 is 1.46 bits per heavy atom. The molecule has 0 aliphatic heterocycles. The summed E-state index contributed by atoms with van der Waals surface area (Å²) in [6, 6.07) is 2.11. The molecule has 1 atom stereocenters. The Bertz CT molecular complexity index is 335. The largest absolute Gasteiger partial charge is 0.290 e. The van der Waals surface area contributed by atoms with Gasteiger partial charge < -0.3 is 0 Å². The Labute approximate surface area is 82.6 Å². The first-order valence-corrected chi connectivity index (χ1v) is 4.88. The fourth-order valence-corrected chi connectivity index (χ4v) is 2.28. The number of nitriles is 1. The zero-order valence-corrected chi connectivity index (χ0v) is 9.14. The van der Waals surface area contributed by atoms with E-state index >= 15 is 0 Å². The molecule has 0 radical (unpaired) electrons. The number of aryl methyl sites for hydroxylation is 2. The number of hydrogen-bond acceptors (Lipinski definition) is 4. The van der Waals surface area contributed by atoms with Crippen molar-refractivity contribution in [1.82, 2.24) is 9.88 Å². The summed E-state index contributed by atoms with van der Waals surface area (Å²) in [5, 5.41) is 9.99. The summed E-state index contributed by atoms with van der Waals surface area (Å²) in [5.41, 5.74) is 0.975. The van der Waals surface area contributed by atoms with Gasteiger partial charge >= 0.3 is 0 Å². The van der Waals surface area contributed by atoms with Gasteiger partial charge in [-0.25, -0.2) is 4.98 Å². The molecule has 0 saturated carbocycles. The zero-order chi connectivity index (χ0) is 10.0. The highest BCUT2D eigenvalue weighted by Gasteiger charge is 2.18. The van der Waals surface area contributed by atoms with Crippen molar-refractivity contribution >= 4 is 11.3 Å². The van der Waals surface area contributed by atoms with E-state index in [9.17, 15) is 0 Å². The van der Waals surface area contributed by atoms with Gasteiger partial charge in [0.25, 0.3) is 0 Å². The fraction of sp³-hybridized carbons (Fsp3) is 0.556. The summed E-state index contributed by atoms with van der Waals surface area (Å²) in [7, 11) is 3.81. The van der Waals surface area contributed by atoms with Crippen molar-refractivity contribution in [3.63, 3.8) is 0 Å². The van der Waals surface area contributed by atoms with Gasteiger partial charge in [0.2, 0.25) is 0 Å². The van der Waals surface area contributed by atoms with Crippen LogP contribution in [0.1, 0.15) is 21.6 Å². The molecule has 0 aromatic carbocycles. The number of rotatable bonds is 2. The van der Waals surface area contributed by atoms with E-state index in [0.717, 1.165) is 15.6 Å². The minimum absolute atomic E-state index is 0.161. The molecule has 13 heavy (non-hydrogen) atoms. The SMILES string of the molecule is Cc1nc(C)c(C(C#N)N(C)C)s1. The van der Waals surface area contributed by atoms with Gasteiger partial charge in [0.05, 0.1) is 21.6 Å². The predicted molar refractivity (Wildman–Crippen MR) is 53.6 cm³/mol. The van der Waals surface area contributed by atoms with Crippen LogP contribution in [0.15, 0.2) is 0 Å². The van der Waals surface area contributed by atoms with Crippen LogP contribution in [0.2, 0.25) is 0 Å². The third-order valence-electron chi connectivity index (χ3n) is 1.83. The first-order chi connectivity index (χ1) is 6.06. The van der Waals surface area contributed by atoms with Crippen molar-refractivity contribution in [3.05, 3.63) is 15.6 Å². The van der Waals surface area contributed by atoms with Crippen molar-refractivity contribution < 1.29 is 0 Å². The average molecular weight is 195 g/mol. The Morgan fingerprint density at radius 3 is 2.38 bits per heavy atom. The molecule has 1 aromatic heterocycles. The summed E-state index contributed by atoms with van der Waals surface area (Å²) >= 11 is 1.60. The minimum atomic E-state index is -0.161. The van der Waals surface area contributed by atoms with Crippen LogP contribution in [-0.2, 0) is 0 Å². The second-order valence-electron chi connectivity index (χ2n) is 3.18. The quantitative estimate of drug-likeness (QED) is 0.723. The summed E-state index contributed by atoms with van der Waals surface area (Å²) < 4.78 is 0. The Hall–Kier alpha value is -0.920. The summed E-state index contributed by atoms with van der Waals surface area (Å²) in [6.07, 6.45) is 0. The van der Waals surface area contributed by atoms with E-state index in [2.05, 4.69) is 11.1 Å². The third-order valence-corrected chi connectivity index (χ3v) is 2.95. The van der Waals surface area contributed by atoms with E-state index in [1.54, 1.807) is 11.3 Å². The van der Waals surface area contributed by atoms with Gasteiger partial charge in [0, 0.05) is 0 Å².